The van der Waals surface area contributed by atoms with Crippen LogP contribution in [-0.2, 0) is 19.6 Å². The number of carbonyl (C=O) groups excluding carboxylic acids is 1. The highest BCUT2D eigenvalue weighted by Gasteiger charge is 2.22. The lowest BCUT2D eigenvalue weighted by Gasteiger charge is -2.35. The molecule has 5 aromatic carbocycles. The second-order valence-electron chi connectivity index (χ2n) is 13.7. The van der Waals surface area contributed by atoms with E-state index in [1.165, 1.54) is 16.7 Å². The van der Waals surface area contributed by atoms with Gasteiger partial charge in [0.05, 0.1) is 12.8 Å². The summed E-state index contributed by atoms with van der Waals surface area (Å²) in [4.78, 5) is 22.3. The van der Waals surface area contributed by atoms with Crippen LogP contribution in [0.5, 0.6) is 23.1 Å². The van der Waals surface area contributed by atoms with Crippen molar-refractivity contribution in [1.29, 1.82) is 0 Å². The average Bonchev–Trinajstić information content (AvgIpc) is 3.19. The number of nitrogens with zero attached hydrogens (tertiary/aromatic N) is 3. The van der Waals surface area contributed by atoms with E-state index in [0.717, 1.165) is 48.1 Å². The minimum absolute atomic E-state index is 0.0651. The van der Waals surface area contributed by atoms with Crippen molar-refractivity contribution in [1.82, 2.24) is 14.8 Å². The molecule has 7 nitrogen and oxygen atoms in total. The highest BCUT2D eigenvalue weighted by atomic mass is 35.5. The number of amides is 1. The highest BCUT2D eigenvalue weighted by molar-refractivity contribution is 6.31. The number of fused-ring (bicyclic) bond motifs is 1. The molecule has 1 aliphatic rings. The second-order valence-corrected chi connectivity index (χ2v) is 14.2. The van der Waals surface area contributed by atoms with Gasteiger partial charge in [0.15, 0.2) is 0 Å². The molecule has 0 aliphatic carbocycles. The summed E-state index contributed by atoms with van der Waals surface area (Å²) in [7, 11) is 0. The molecule has 1 aliphatic heterocycles. The molecule has 7 rings (SSSR count). The van der Waals surface area contributed by atoms with Crippen LogP contribution in [0.4, 0.5) is 0 Å². The summed E-state index contributed by atoms with van der Waals surface area (Å²) >= 11 is 6.23. The van der Waals surface area contributed by atoms with Crippen molar-refractivity contribution in [2.45, 2.75) is 39.3 Å². The van der Waals surface area contributed by atoms with Gasteiger partial charge in [0, 0.05) is 61.4 Å². The van der Waals surface area contributed by atoms with E-state index in [-0.39, 0.29) is 5.91 Å². The van der Waals surface area contributed by atoms with Crippen molar-refractivity contribution in [2.24, 2.45) is 0 Å². The van der Waals surface area contributed by atoms with E-state index >= 15 is 0 Å². The lowest BCUT2D eigenvalue weighted by atomic mass is 10.0. The molecule has 2 heterocycles. The third kappa shape index (κ3) is 9.55. The zero-order valence-electron chi connectivity index (χ0n) is 30.2. The molecule has 0 radical (unpaired) electrons. The minimum Gasteiger partial charge on any atom is -0.493 e. The van der Waals surface area contributed by atoms with E-state index in [4.69, 9.17) is 25.8 Å². The van der Waals surface area contributed by atoms with Gasteiger partial charge in [0.2, 0.25) is 5.88 Å². The molecule has 0 N–H and O–H groups in total. The standard InChI is InChI=1S/C45H44ClN3O4/c1-32(2)35-13-16-40(17-14-35)51-26-21-33-7-9-34(10-8-33)30-48-22-24-49(25-23-48)45(50)38-12-11-37-28-41(18-15-36(37)27-38)53-44-20-19-42(29-47-44)52-31-39-5-3-4-6-43(39)46/h3-20,27-29,32H,21-26,30-31H2,1-2H3. The van der Waals surface area contributed by atoms with Crippen LogP contribution in [0, 0.1) is 0 Å². The summed E-state index contributed by atoms with van der Waals surface area (Å²) in [6, 6.07) is 40.1. The van der Waals surface area contributed by atoms with Crippen LogP contribution in [0.1, 0.15) is 52.4 Å². The van der Waals surface area contributed by atoms with Crippen molar-refractivity contribution in [3.05, 3.63) is 160 Å². The topological polar surface area (TPSA) is 64.1 Å². The Balaban J connectivity index is 0.856. The molecule has 0 saturated carbocycles. The summed E-state index contributed by atoms with van der Waals surface area (Å²) in [5, 5.41) is 2.63. The molecule has 0 atom stereocenters. The summed E-state index contributed by atoms with van der Waals surface area (Å²) in [5.74, 6) is 3.25. The molecule has 1 amide bonds. The lowest BCUT2D eigenvalue weighted by Crippen LogP contribution is -2.48. The Morgan fingerprint density at radius 2 is 1.43 bits per heavy atom. The summed E-state index contributed by atoms with van der Waals surface area (Å²) < 4.78 is 17.8. The predicted molar refractivity (Wildman–Crippen MR) is 211 cm³/mol. The third-order valence-corrected chi connectivity index (χ3v) is 10.0. The van der Waals surface area contributed by atoms with Gasteiger partial charge in [-0.05, 0) is 81.9 Å². The van der Waals surface area contributed by atoms with E-state index < -0.39 is 0 Å². The summed E-state index contributed by atoms with van der Waals surface area (Å²) in [5.41, 5.74) is 5.47. The first kappa shape index (κ1) is 36.0. The number of hydrogen-bond acceptors (Lipinski definition) is 6. The Hall–Kier alpha value is -5.37. The van der Waals surface area contributed by atoms with Crippen LogP contribution >= 0.6 is 11.6 Å². The summed E-state index contributed by atoms with van der Waals surface area (Å²) in [6.07, 6.45) is 2.50. The number of piperazine rings is 1. The molecule has 6 aromatic rings. The fraction of sp³-hybridized carbons (Fsp3) is 0.244. The first-order valence-electron chi connectivity index (χ1n) is 18.2. The molecule has 0 bridgehead atoms. The van der Waals surface area contributed by atoms with Crippen molar-refractivity contribution in [3.63, 3.8) is 0 Å². The molecule has 1 aromatic heterocycles. The zero-order chi connectivity index (χ0) is 36.6. The minimum atomic E-state index is 0.0651. The van der Waals surface area contributed by atoms with Crippen LogP contribution < -0.4 is 14.2 Å². The molecule has 0 unspecified atom stereocenters. The maximum Gasteiger partial charge on any atom is 0.253 e. The van der Waals surface area contributed by atoms with E-state index in [1.54, 1.807) is 12.3 Å². The smallest absolute Gasteiger partial charge is 0.253 e. The van der Waals surface area contributed by atoms with E-state index in [0.29, 0.717) is 60.2 Å². The number of aromatic nitrogens is 1. The molecule has 1 saturated heterocycles. The average molecular weight is 726 g/mol. The van der Waals surface area contributed by atoms with Crippen LogP contribution in [0.3, 0.4) is 0 Å². The van der Waals surface area contributed by atoms with Crippen LogP contribution in [-0.4, -0.2) is 53.5 Å². The maximum atomic E-state index is 13.5. The van der Waals surface area contributed by atoms with Gasteiger partial charge in [-0.25, -0.2) is 4.98 Å². The van der Waals surface area contributed by atoms with Gasteiger partial charge in [0.25, 0.3) is 5.91 Å². The fourth-order valence-electron chi connectivity index (χ4n) is 6.43. The van der Waals surface area contributed by atoms with E-state index in [1.807, 2.05) is 71.6 Å². The van der Waals surface area contributed by atoms with Gasteiger partial charge >= 0.3 is 0 Å². The van der Waals surface area contributed by atoms with Crippen molar-refractivity contribution >= 4 is 28.3 Å². The Labute approximate surface area is 316 Å². The Morgan fingerprint density at radius 1 is 0.736 bits per heavy atom. The quantitative estimate of drug-likeness (QED) is 0.118. The Kier molecular flexibility index (Phi) is 11.5. The molecule has 53 heavy (non-hydrogen) atoms. The predicted octanol–water partition coefficient (Wildman–Crippen LogP) is 9.96. The first-order chi connectivity index (χ1) is 25.9. The van der Waals surface area contributed by atoms with Gasteiger partial charge in [-0.1, -0.05) is 92.2 Å². The molecular formula is C45H44ClN3O4. The summed E-state index contributed by atoms with van der Waals surface area (Å²) in [6.45, 7) is 9.36. The van der Waals surface area contributed by atoms with Gasteiger partial charge in [-0.2, -0.15) is 0 Å². The highest BCUT2D eigenvalue weighted by Crippen LogP contribution is 2.28. The van der Waals surface area contributed by atoms with Crippen molar-refractivity contribution in [2.75, 3.05) is 32.8 Å². The number of pyridine rings is 1. The molecule has 8 heteroatoms. The number of hydrogen-bond donors (Lipinski definition) is 0. The second kappa shape index (κ2) is 17.0. The van der Waals surface area contributed by atoms with Gasteiger partial charge in [0.1, 0.15) is 23.9 Å². The number of benzene rings is 5. The zero-order valence-corrected chi connectivity index (χ0v) is 31.0. The molecular weight excluding hydrogens is 682 g/mol. The largest absolute Gasteiger partial charge is 0.493 e. The molecule has 0 spiro atoms. The number of carbonyl (C=O) groups is 1. The SMILES string of the molecule is CC(C)c1ccc(OCCc2ccc(CN3CCN(C(=O)c4ccc5cc(Oc6ccc(OCc7ccccc7Cl)cn6)ccc5c4)CC3)cc2)cc1. The monoisotopic (exact) mass is 725 g/mol. The van der Waals surface area contributed by atoms with Gasteiger partial charge in [-0.3, -0.25) is 9.69 Å². The molecule has 1 fully saturated rings. The lowest BCUT2D eigenvalue weighted by molar-refractivity contribution is 0.0628. The fourth-order valence-corrected chi connectivity index (χ4v) is 6.62. The maximum absolute atomic E-state index is 13.5. The van der Waals surface area contributed by atoms with Gasteiger partial charge < -0.3 is 19.1 Å². The van der Waals surface area contributed by atoms with Crippen molar-refractivity contribution < 1.29 is 19.0 Å². The number of rotatable bonds is 13. The third-order valence-electron chi connectivity index (χ3n) is 9.64. The van der Waals surface area contributed by atoms with E-state index in [2.05, 4.69) is 72.3 Å². The molecule has 270 valence electrons. The Bertz CT molecular complexity index is 2130. The number of ether oxygens (including phenoxy) is 3. The van der Waals surface area contributed by atoms with Crippen LogP contribution in [0.15, 0.2) is 128 Å². The normalized spacial score (nSPS) is 13.3. The van der Waals surface area contributed by atoms with Gasteiger partial charge in [-0.15, -0.1) is 0 Å². The first-order valence-corrected chi connectivity index (χ1v) is 18.6. The Morgan fingerprint density at radius 3 is 2.17 bits per heavy atom. The number of halogens is 1. The van der Waals surface area contributed by atoms with E-state index in [9.17, 15) is 4.79 Å². The van der Waals surface area contributed by atoms with Crippen LogP contribution in [0.2, 0.25) is 5.02 Å². The van der Waals surface area contributed by atoms with Crippen LogP contribution in [0.25, 0.3) is 10.8 Å². The van der Waals surface area contributed by atoms with Crippen molar-refractivity contribution in [3.8, 4) is 23.1 Å².